The predicted molar refractivity (Wildman–Crippen MR) is 115 cm³/mol. The molecule has 164 valence electrons. The van der Waals surface area contributed by atoms with Gasteiger partial charge in [-0.1, -0.05) is 11.6 Å². The quantitative estimate of drug-likeness (QED) is 0.754. The van der Waals surface area contributed by atoms with Gasteiger partial charge in [0.05, 0.1) is 17.5 Å². The normalized spacial score (nSPS) is 21.4. The molecule has 2 saturated heterocycles. The van der Waals surface area contributed by atoms with Crippen LogP contribution in [0.15, 0.2) is 30.5 Å². The van der Waals surface area contributed by atoms with Crippen LogP contribution in [0.5, 0.6) is 0 Å². The van der Waals surface area contributed by atoms with Crippen molar-refractivity contribution >= 4 is 34.9 Å². The first-order chi connectivity index (χ1) is 14.8. The van der Waals surface area contributed by atoms with Crippen molar-refractivity contribution in [2.75, 3.05) is 37.3 Å². The van der Waals surface area contributed by atoms with Gasteiger partial charge in [0.15, 0.2) is 0 Å². The molecule has 2 aliphatic heterocycles. The number of likely N-dealkylation sites (N-methyl/N-ethyl adjacent to an activating group) is 1. The molecule has 31 heavy (non-hydrogen) atoms. The highest BCUT2D eigenvalue weighted by Gasteiger charge is 2.39. The first-order valence-corrected chi connectivity index (χ1v) is 10.5. The molecule has 2 aromatic rings. The number of rotatable bonds is 5. The van der Waals surface area contributed by atoms with Gasteiger partial charge in [-0.25, -0.2) is 14.4 Å². The fourth-order valence-electron chi connectivity index (χ4n) is 4.18. The smallest absolute Gasteiger partial charge is 0.228 e. The Kier molecular flexibility index (Phi) is 6.06. The Morgan fingerprint density at radius 1 is 1.35 bits per heavy atom. The van der Waals surface area contributed by atoms with E-state index in [2.05, 4.69) is 14.9 Å². The maximum Gasteiger partial charge on any atom is 0.228 e. The van der Waals surface area contributed by atoms with Crippen LogP contribution in [0.2, 0.25) is 5.02 Å². The van der Waals surface area contributed by atoms with E-state index < -0.39 is 11.7 Å². The summed E-state index contributed by atoms with van der Waals surface area (Å²) in [6, 6.07) is 6.05. The van der Waals surface area contributed by atoms with E-state index in [0.29, 0.717) is 37.0 Å². The number of anilines is 2. The Morgan fingerprint density at radius 2 is 2.16 bits per heavy atom. The highest BCUT2D eigenvalue weighted by atomic mass is 35.5. The minimum atomic E-state index is -0.587. The van der Waals surface area contributed by atoms with Crippen LogP contribution in [-0.4, -0.2) is 64.3 Å². The van der Waals surface area contributed by atoms with Crippen molar-refractivity contribution in [2.45, 2.75) is 25.4 Å². The number of nitrogen functional groups attached to an aromatic ring is 1. The average Bonchev–Trinajstić information content (AvgIpc) is 3.37. The molecule has 8 nitrogen and oxygen atoms in total. The van der Waals surface area contributed by atoms with E-state index in [0.717, 1.165) is 6.42 Å². The third kappa shape index (κ3) is 4.62. The fourth-order valence-corrected chi connectivity index (χ4v) is 4.30. The van der Waals surface area contributed by atoms with Gasteiger partial charge in [-0.05, 0) is 37.7 Å². The lowest BCUT2D eigenvalue weighted by atomic mass is 10.1. The van der Waals surface area contributed by atoms with Crippen LogP contribution in [-0.2, 0) is 16.1 Å². The maximum atomic E-state index is 13.8. The van der Waals surface area contributed by atoms with E-state index in [-0.39, 0.29) is 35.8 Å². The van der Waals surface area contributed by atoms with Gasteiger partial charge in [0, 0.05) is 44.0 Å². The lowest BCUT2D eigenvalue weighted by Gasteiger charge is -2.25. The summed E-state index contributed by atoms with van der Waals surface area (Å²) in [5, 5.41) is -0.00107. The summed E-state index contributed by atoms with van der Waals surface area (Å²) < 4.78 is 13.8. The minimum Gasteiger partial charge on any atom is -0.384 e. The van der Waals surface area contributed by atoms with Gasteiger partial charge in [0.2, 0.25) is 11.8 Å². The second kappa shape index (κ2) is 8.76. The van der Waals surface area contributed by atoms with Crippen molar-refractivity contribution < 1.29 is 14.0 Å². The van der Waals surface area contributed by atoms with Crippen LogP contribution in [0, 0.1) is 11.7 Å². The minimum absolute atomic E-state index is 0.00107. The lowest BCUT2D eigenvalue weighted by Crippen LogP contribution is -2.39. The van der Waals surface area contributed by atoms with E-state index in [1.165, 1.54) is 17.0 Å². The molecular formula is C21H24ClFN6O2. The van der Waals surface area contributed by atoms with Crippen molar-refractivity contribution in [3.05, 3.63) is 47.1 Å². The lowest BCUT2D eigenvalue weighted by molar-refractivity contribution is -0.135. The first-order valence-electron chi connectivity index (χ1n) is 10.1. The van der Waals surface area contributed by atoms with Crippen molar-refractivity contribution in [1.29, 1.82) is 0 Å². The third-order valence-corrected chi connectivity index (χ3v) is 6.21. The zero-order chi connectivity index (χ0) is 22.1. The summed E-state index contributed by atoms with van der Waals surface area (Å²) in [6.45, 7) is 1.99. The van der Waals surface area contributed by atoms with Crippen molar-refractivity contribution in [1.82, 2.24) is 19.8 Å². The Bertz CT molecular complexity index is 1010. The fraction of sp³-hybridized carbons (Fsp3) is 0.429. The maximum absolute atomic E-state index is 13.8. The highest BCUT2D eigenvalue weighted by molar-refractivity contribution is 6.30. The van der Waals surface area contributed by atoms with Crippen molar-refractivity contribution in [3.8, 4) is 0 Å². The zero-order valence-electron chi connectivity index (χ0n) is 17.2. The molecule has 2 atom stereocenters. The Labute approximate surface area is 184 Å². The SMILES string of the molecule is CN(Cc1nccc(N)n1)C1CCN(C(=O)C2CC(=O)N(c3ccc(Cl)c(F)c3)C2)C1. The Morgan fingerprint density at radius 3 is 2.90 bits per heavy atom. The van der Waals surface area contributed by atoms with Crippen molar-refractivity contribution in [3.63, 3.8) is 0 Å². The molecule has 1 aromatic carbocycles. The van der Waals surface area contributed by atoms with Gasteiger partial charge >= 0.3 is 0 Å². The number of carbonyl (C=O) groups excluding carboxylic acids is 2. The number of halogens is 2. The van der Waals surface area contributed by atoms with Crippen molar-refractivity contribution in [2.24, 2.45) is 5.92 Å². The first kappa shape index (κ1) is 21.5. The van der Waals surface area contributed by atoms with E-state index in [1.807, 2.05) is 11.9 Å². The number of hydrogen-bond donors (Lipinski definition) is 1. The van der Waals surface area contributed by atoms with E-state index in [1.54, 1.807) is 18.3 Å². The molecule has 10 heteroatoms. The topological polar surface area (TPSA) is 95.7 Å². The molecular weight excluding hydrogens is 423 g/mol. The Hall–Kier alpha value is -2.78. The summed E-state index contributed by atoms with van der Waals surface area (Å²) in [4.78, 5) is 39.4. The summed E-state index contributed by atoms with van der Waals surface area (Å²) in [5.74, 6) is -0.186. The zero-order valence-corrected chi connectivity index (χ0v) is 17.9. The van der Waals surface area contributed by atoms with Gasteiger partial charge in [-0.2, -0.15) is 0 Å². The van der Waals surface area contributed by atoms with Gasteiger partial charge in [0.1, 0.15) is 17.5 Å². The molecule has 2 N–H and O–H groups in total. The van der Waals surface area contributed by atoms with Crippen LogP contribution >= 0.6 is 11.6 Å². The van der Waals surface area contributed by atoms with Crippen LogP contribution in [0.1, 0.15) is 18.7 Å². The average molecular weight is 447 g/mol. The molecule has 0 spiro atoms. The molecule has 2 aliphatic rings. The second-order valence-electron chi connectivity index (χ2n) is 8.04. The predicted octanol–water partition coefficient (Wildman–Crippen LogP) is 1.94. The van der Waals surface area contributed by atoms with Gasteiger partial charge < -0.3 is 15.5 Å². The summed E-state index contributed by atoms with van der Waals surface area (Å²) >= 11 is 5.73. The number of nitrogens with two attached hydrogens (primary N) is 1. The molecule has 3 heterocycles. The van der Waals surface area contributed by atoms with Crippen LogP contribution < -0.4 is 10.6 Å². The number of carbonyl (C=O) groups is 2. The highest BCUT2D eigenvalue weighted by Crippen LogP contribution is 2.30. The molecule has 4 rings (SSSR count). The number of amides is 2. The van der Waals surface area contributed by atoms with Gasteiger partial charge in [0.25, 0.3) is 0 Å². The molecule has 2 fully saturated rings. The second-order valence-corrected chi connectivity index (χ2v) is 8.45. The molecule has 0 bridgehead atoms. The summed E-state index contributed by atoms with van der Waals surface area (Å²) in [6.07, 6.45) is 2.58. The largest absolute Gasteiger partial charge is 0.384 e. The number of hydrogen-bond acceptors (Lipinski definition) is 6. The summed E-state index contributed by atoms with van der Waals surface area (Å²) in [7, 11) is 1.97. The molecule has 0 saturated carbocycles. The summed E-state index contributed by atoms with van der Waals surface area (Å²) in [5.41, 5.74) is 6.14. The number of likely N-dealkylation sites (tertiary alicyclic amines) is 1. The monoisotopic (exact) mass is 446 g/mol. The molecule has 2 amide bonds. The molecule has 0 aliphatic carbocycles. The van der Waals surface area contributed by atoms with Gasteiger partial charge in [-0.15, -0.1) is 0 Å². The van der Waals surface area contributed by atoms with Crippen LogP contribution in [0.3, 0.4) is 0 Å². The van der Waals surface area contributed by atoms with Crippen LogP contribution in [0.4, 0.5) is 15.9 Å². The van der Waals surface area contributed by atoms with Gasteiger partial charge in [-0.3, -0.25) is 14.5 Å². The molecule has 1 aromatic heterocycles. The Balaban J connectivity index is 1.36. The molecule has 0 radical (unpaired) electrons. The van der Waals surface area contributed by atoms with Crippen LogP contribution in [0.25, 0.3) is 0 Å². The third-order valence-electron chi connectivity index (χ3n) is 5.91. The van der Waals surface area contributed by atoms with E-state index >= 15 is 0 Å². The standard InChI is InChI=1S/C21H24ClFN6O2/c1-27(12-19-25-6-4-18(24)26-19)15-5-7-28(11-15)21(31)13-8-20(30)29(10-13)14-2-3-16(22)17(23)9-14/h2-4,6,9,13,15H,5,7-8,10-12H2,1H3,(H2,24,25,26). The molecule has 2 unspecified atom stereocenters. The number of aromatic nitrogens is 2. The van der Waals surface area contributed by atoms with E-state index in [9.17, 15) is 14.0 Å². The van der Waals surface area contributed by atoms with E-state index in [4.69, 9.17) is 17.3 Å². The number of nitrogens with zero attached hydrogens (tertiary/aromatic N) is 5. The number of benzene rings is 1.